The molecule has 1 aromatic rings. The third-order valence-electron chi connectivity index (χ3n) is 4.28. The average Bonchev–Trinajstić information content (AvgIpc) is 2.70. The van der Waals surface area contributed by atoms with Crippen molar-refractivity contribution in [2.45, 2.75) is 57.6 Å². The summed E-state index contributed by atoms with van der Waals surface area (Å²) in [4.78, 5) is 13.9. The molecule has 2 rings (SSSR count). The maximum Gasteiger partial charge on any atom is 0.407 e. The Morgan fingerprint density at radius 3 is 2.54 bits per heavy atom. The van der Waals surface area contributed by atoms with Crippen LogP contribution in [0, 0.1) is 0 Å². The number of amides is 1. The van der Waals surface area contributed by atoms with Gasteiger partial charge in [-0.05, 0) is 44.9 Å². The highest BCUT2D eigenvalue weighted by Crippen LogP contribution is 2.18. The highest BCUT2D eigenvalue weighted by atomic mass is 19.1. The van der Waals surface area contributed by atoms with Crippen molar-refractivity contribution in [1.82, 2.24) is 10.2 Å². The van der Waals surface area contributed by atoms with E-state index in [0.29, 0.717) is 25.4 Å². The third-order valence-corrected chi connectivity index (χ3v) is 4.28. The number of hydrogen-bond donors (Lipinski definition) is 3. The van der Waals surface area contributed by atoms with Gasteiger partial charge in [0.1, 0.15) is 24.6 Å². The summed E-state index contributed by atoms with van der Waals surface area (Å²) in [6, 6.07) is 6.68. The zero-order valence-electron chi connectivity index (χ0n) is 16.7. The molecule has 0 aromatic heterocycles. The molecule has 1 amide bonds. The maximum absolute atomic E-state index is 12.2. The number of nitrogens with one attached hydrogen (secondary N) is 1. The fourth-order valence-electron chi connectivity index (χ4n) is 3.14. The Bertz CT molecular complexity index is 620. The van der Waals surface area contributed by atoms with Gasteiger partial charge in [-0.15, -0.1) is 0 Å². The molecule has 0 radical (unpaired) electrons. The Balaban J connectivity index is 1.93. The van der Waals surface area contributed by atoms with Crippen LogP contribution in [0.4, 0.5) is 9.18 Å². The molecule has 1 aromatic carbocycles. The molecule has 3 N–H and O–H groups in total. The second kappa shape index (κ2) is 10.0. The van der Waals surface area contributed by atoms with Crippen LogP contribution in [-0.4, -0.2) is 71.4 Å². The van der Waals surface area contributed by atoms with Gasteiger partial charge < -0.3 is 25.0 Å². The Morgan fingerprint density at radius 2 is 1.93 bits per heavy atom. The summed E-state index contributed by atoms with van der Waals surface area (Å²) < 4.78 is 22.6. The van der Waals surface area contributed by atoms with E-state index in [-0.39, 0.29) is 13.0 Å². The summed E-state index contributed by atoms with van der Waals surface area (Å²) >= 11 is 0. The van der Waals surface area contributed by atoms with Gasteiger partial charge in [0.15, 0.2) is 0 Å². The lowest BCUT2D eigenvalue weighted by Gasteiger charge is -2.26. The number of β-amino-alcohol motifs (C(OH)–C–C–N with tert-alkyl or cyclic N) is 2. The lowest BCUT2D eigenvalue weighted by Crippen LogP contribution is -2.48. The van der Waals surface area contributed by atoms with Gasteiger partial charge in [-0.1, -0.05) is 12.1 Å². The summed E-state index contributed by atoms with van der Waals surface area (Å²) in [5.41, 5.74) is 0.343. The SMILES string of the molecule is CC(C)(C)OC(=O)N[C@@H]1C[C@@H](O)CN(Cc2ccc(OCCF)cc2)C[C@H]1O. The van der Waals surface area contributed by atoms with Crippen LogP contribution in [0.2, 0.25) is 0 Å². The molecule has 1 aliphatic rings. The molecule has 1 aliphatic heterocycles. The number of alkyl carbamates (subject to hydrolysis) is 1. The van der Waals surface area contributed by atoms with E-state index in [0.717, 1.165) is 5.56 Å². The summed E-state index contributed by atoms with van der Waals surface area (Å²) in [7, 11) is 0. The number of benzene rings is 1. The Morgan fingerprint density at radius 1 is 1.25 bits per heavy atom. The van der Waals surface area contributed by atoms with Gasteiger partial charge in [0, 0.05) is 19.6 Å². The van der Waals surface area contributed by atoms with Crippen LogP contribution in [0.1, 0.15) is 32.8 Å². The summed E-state index contributed by atoms with van der Waals surface area (Å²) in [6.45, 7) is 5.99. The molecule has 28 heavy (non-hydrogen) atoms. The predicted molar refractivity (Wildman–Crippen MR) is 103 cm³/mol. The molecule has 0 unspecified atom stereocenters. The first-order chi connectivity index (χ1) is 13.2. The quantitative estimate of drug-likeness (QED) is 0.678. The van der Waals surface area contributed by atoms with E-state index in [4.69, 9.17) is 9.47 Å². The number of nitrogens with zero attached hydrogens (tertiary/aromatic N) is 1. The Labute approximate surface area is 165 Å². The van der Waals surface area contributed by atoms with E-state index >= 15 is 0 Å². The van der Waals surface area contributed by atoms with Gasteiger partial charge in [-0.3, -0.25) is 4.90 Å². The monoisotopic (exact) mass is 398 g/mol. The average molecular weight is 398 g/mol. The lowest BCUT2D eigenvalue weighted by atomic mass is 10.1. The summed E-state index contributed by atoms with van der Waals surface area (Å²) in [5.74, 6) is 0.596. The molecule has 1 fully saturated rings. The minimum Gasteiger partial charge on any atom is -0.491 e. The first kappa shape index (κ1) is 22.4. The number of aliphatic hydroxyl groups excluding tert-OH is 2. The van der Waals surface area contributed by atoms with E-state index < -0.39 is 36.6 Å². The summed E-state index contributed by atoms with van der Waals surface area (Å²) in [5, 5.41) is 23.5. The van der Waals surface area contributed by atoms with Crippen LogP contribution in [0.25, 0.3) is 0 Å². The molecule has 8 heteroatoms. The largest absolute Gasteiger partial charge is 0.491 e. The van der Waals surface area contributed by atoms with Crippen molar-refractivity contribution < 1.29 is 28.9 Å². The number of aliphatic hydroxyl groups is 2. The molecule has 1 saturated heterocycles. The van der Waals surface area contributed by atoms with Gasteiger partial charge in [-0.2, -0.15) is 0 Å². The van der Waals surface area contributed by atoms with E-state index in [1.54, 1.807) is 32.9 Å². The lowest BCUT2D eigenvalue weighted by molar-refractivity contribution is 0.0384. The number of rotatable bonds is 6. The van der Waals surface area contributed by atoms with Crippen LogP contribution >= 0.6 is 0 Å². The molecule has 1 heterocycles. The number of halogens is 1. The fourth-order valence-corrected chi connectivity index (χ4v) is 3.14. The van der Waals surface area contributed by atoms with Crippen molar-refractivity contribution in [3.8, 4) is 5.75 Å². The highest BCUT2D eigenvalue weighted by Gasteiger charge is 2.32. The minimum atomic E-state index is -0.836. The van der Waals surface area contributed by atoms with Gasteiger partial charge in [0.2, 0.25) is 0 Å². The van der Waals surface area contributed by atoms with Crippen LogP contribution in [0.5, 0.6) is 5.75 Å². The number of alkyl halides is 1. The Kier molecular flexibility index (Phi) is 8.03. The van der Waals surface area contributed by atoms with E-state index in [2.05, 4.69) is 5.32 Å². The van der Waals surface area contributed by atoms with Crippen molar-refractivity contribution in [1.29, 1.82) is 0 Å². The first-order valence-electron chi connectivity index (χ1n) is 9.52. The molecule has 3 atom stereocenters. The molecule has 7 nitrogen and oxygen atoms in total. The topological polar surface area (TPSA) is 91.3 Å². The van der Waals surface area contributed by atoms with Crippen molar-refractivity contribution in [2.75, 3.05) is 26.4 Å². The van der Waals surface area contributed by atoms with Crippen molar-refractivity contribution in [2.24, 2.45) is 0 Å². The number of hydrogen-bond acceptors (Lipinski definition) is 6. The second-order valence-corrected chi connectivity index (χ2v) is 8.09. The van der Waals surface area contributed by atoms with Crippen LogP contribution in [-0.2, 0) is 11.3 Å². The number of carbonyl (C=O) groups is 1. The number of likely N-dealkylation sites (tertiary alicyclic amines) is 1. The normalized spacial score (nSPS) is 23.7. The highest BCUT2D eigenvalue weighted by molar-refractivity contribution is 5.68. The third kappa shape index (κ3) is 7.61. The zero-order chi connectivity index (χ0) is 20.7. The van der Waals surface area contributed by atoms with E-state index in [9.17, 15) is 19.4 Å². The molecule has 0 aliphatic carbocycles. The molecule has 0 spiro atoms. The van der Waals surface area contributed by atoms with Gasteiger partial charge in [0.25, 0.3) is 0 Å². The Hall–Kier alpha value is -1.90. The number of ether oxygens (including phenoxy) is 2. The van der Waals surface area contributed by atoms with Gasteiger partial charge in [-0.25, -0.2) is 9.18 Å². The van der Waals surface area contributed by atoms with Crippen molar-refractivity contribution in [3.63, 3.8) is 0 Å². The fraction of sp³-hybridized carbons (Fsp3) is 0.650. The van der Waals surface area contributed by atoms with E-state index in [1.165, 1.54) is 0 Å². The van der Waals surface area contributed by atoms with Gasteiger partial charge in [0.05, 0.1) is 18.2 Å². The predicted octanol–water partition coefficient (Wildman–Crippen LogP) is 1.86. The van der Waals surface area contributed by atoms with Crippen molar-refractivity contribution in [3.05, 3.63) is 29.8 Å². The molecular formula is C20H31FN2O5. The minimum absolute atomic E-state index is 0.0237. The molecule has 0 bridgehead atoms. The number of carbonyl (C=O) groups excluding carboxylic acids is 1. The van der Waals surface area contributed by atoms with Crippen molar-refractivity contribution >= 4 is 6.09 Å². The first-order valence-corrected chi connectivity index (χ1v) is 9.52. The van der Waals surface area contributed by atoms with Crippen LogP contribution in [0.3, 0.4) is 0 Å². The molecule has 0 saturated carbocycles. The molecular weight excluding hydrogens is 367 g/mol. The van der Waals surface area contributed by atoms with Crippen LogP contribution < -0.4 is 10.1 Å². The second-order valence-electron chi connectivity index (χ2n) is 8.09. The van der Waals surface area contributed by atoms with E-state index in [1.807, 2.05) is 17.0 Å². The molecule has 158 valence electrons. The van der Waals surface area contributed by atoms with Gasteiger partial charge >= 0.3 is 6.09 Å². The smallest absolute Gasteiger partial charge is 0.407 e. The maximum atomic E-state index is 12.2. The summed E-state index contributed by atoms with van der Waals surface area (Å²) in [6.07, 6.45) is -1.89. The zero-order valence-corrected chi connectivity index (χ0v) is 16.7. The van der Waals surface area contributed by atoms with Crippen LogP contribution in [0.15, 0.2) is 24.3 Å². The standard InChI is InChI=1S/C20H31FN2O5/c1-20(2,3)28-19(26)22-17-10-15(24)12-23(13-18(17)25)11-14-4-6-16(7-5-14)27-9-8-21/h4-7,15,17-18,24-25H,8-13H2,1-3H3,(H,22,26)/t15-,17-,18-/m1/s1.